The van der Waals surface area contributed by atoms with Crippen LogP contribution in [-0.4, -0.2) is 0 Å². The van der Waals surface area contributed by atoms with Gasteiger partial charge in [-0.05, 0) is 155 Å². The van der Waals surface area contributed by atoms with E-state index in [0.717, 1.165) is 0 Å². The van der Waals surface area contributed by atoms with Gasteiger partial charge >= 0.3 is 0 Å². The molecule has 0 saturated carbocycles. The van der Waals surface area contributed by atoms with E-state index in [1.165, 1.54) is 120 Å². The molecule has 0 heterocycles. The van der Waals surface area contributed by atoms with Crippen LogP contribution in [0.2, 0.25) is 0 Å². The van der Waals surface area contributed by atoms with Crippen LogP contribution in [0.4, 0.5) is 0 Å². The maximum Gasteiger partial charge on any atom is -0.00197 e. The standard InChI is InChI=1S/C52H40/c1-51(2,3)40-25-34-17-13-30-21-38(22-31-14-18-35(26-40)46(34)44(30)31)49-42-11-7-9-29-10-8-12-43(48(29)42)50(49)39-23-32-15-19-36-27-41(52(4,5)6)28-37-20-16-33(24-39)45(32)47(36)37/h7-28H,1-6H3. The first-order valence-corrected chi connectivity index (χ1v) is 18.7. The van der Waals surface area contributed by atoms with E-state index < -0.39 is 0 Å². The number of benzene rings is 10. The van der Waals surface area contributed by atoms with Crippen LogP contribution < -0.4 is 0 Å². The van der Waals surface area contributed by atoms with E-state index in [1.54, 1.807) is 0 Å². The van der Waals surface area contributed by atoms with Crippen LogP contribution in [0.15, 0.2) is 133 Å². The first-order chi connectivity index (χ1) is 25.0. The molecule has 0 radical (unpaired) electrons. The fourth-order valence-electron chi connectivity index (χ4n) is 9.46. The van der Waals surface area contributed by atoms with Crippen molar-refractivity contribution in [2.24, 2.45) is 0 Å². The van der Waals surface area contributed by atoms with Gasteiger partial charge in [-0.15, -0.1) is 0 Å². The van der Waals surface area contributed by atoms with E-state index >= 15 is 0 Å². The van der Waals surface area contributed by atoms with E-state index in [2.05, 4.69) is 175 Å². The summed E-state index contributed by atoms with van der Waals surface area (Å²) < 4.78 is 0. The van der Waals surface area contributed by atoms with E-state index in [1.807, 2.05) is 0 Å². The summed E-state index contributed by atoms with van der Waals surface area (Å²) in [4.78, 5) is 0. The van der Waals surface area contributed by atoms with Crippen LogP contribution in [0.5, 0.6) is 0 Å². The number of rotatable bonds is 2. The van der Waals surface area contributed by atoms with Crippen LogP contribution in [0.3, 0.4) is 0 Å². The minimum absolute atomic E-state index is 0.0984. The monoisotopic (exact) mass is 664 g/mol. The molecule has 0 atom stereocenters. The summed E-state index contributed by atoms with van der Waals surface area (Å²) in [5.74, 6) is 0. The minimum Gasteiger partial charge on any atom is -0.0610 e. The lowest BCUT2D eigenvalue weighted by Gasteiger charge is -2.22. The smallest absolute Gasteiger partial charge is 0.00197 e. The molecule has 0 nitrogen and oxygen atoms in total. The number of hydrogen-bond acceptors (Lipinski definition) is 0. The summed E-state index contributed by atoms with van der Waals surface area (Å²) in [6, 6.07) is 51.9. The summed E-state index contributed by atoms with van der Waals surface area (Å²) in [5.41, 5.74) is 10.8. The molecule has 0 unspecified atom stereocenters. The second kappa shape index (κ2) is 9.99. The highest BCUT2D eigenvalue weighted by molar-refractivity contribution is 6.28. The average molecular weight is 665 g/mol. The van der Waals surface area contributed by atoms with Gasteiger partial charge in [-0.25, -0.2) is 0 Å². The zero-order valence-corrected chi connectivity index (χ0v) is 30.7. The Bertz CT molecular complexity index is 2830. The van der Waals surface area contributed by atoms with Crippen molar-refractivity contribution in [3.8, 4) is 0 Å². The van der Waals surface area contributed by atoms with Crippen molar-refractivity contribution in [2.45, 2.75) is 52.4 Å². The molecule has 1 aliphatic rings. The lowest BCUT2D eigenvalue weighted by Crippen LogP contribution is -2.10. The molecular weight excluding hydrogens is 625 g/mol. The molecule has 248 valence electrons. The quantitative estimate of drug-likeness (QED) is 0.161. The molecule has 11 rings (SSSR count). The third-order valence-electron chi connectivity index (χ3n) is 12.1. The third-order valence-corrected chi connectivity index (χ3v) is 12.1. The molecule has 0 spiro atoms. The Labute approximate surface area is 304 Å². The van der Waals surface area contributed by atoms with E-state index in [9.17, 15) is 0 Å². The van der Waals surface area contributed by atoms with Gasteiger partial charge < -0.3 is 0 Å². The third kappa shape index (κ3) is 4.10. The highest BCUT2D eigenvalue weighted by atomic mass is 14.3. The van der Waals surface area contributed by atoms with Crippen molar-refractivity contribution >= 4 is 86.6 Å². The molecule has 0 amide bonds. The molecule has 0 aliphatic heterocycles. The van der Waals surface area contributed by atoms with Crippen molar-refractivity contribution in [1.82, 2.24) is 0 Å². The predicted octanol–water partition coefficient (Wildman–Crippen LogP) is 14.6. The Balaban J connectivity index is 1.19. The molecule has 0 saturated heterocycles. The molecule has 0 heteroatoms. The fourth-order valence-corrected chi connectivity index (χ4v) is 9.46. The van der Waals surface area contributed by atoms with Gasteiger partial charge in [0.2, 0.25) is 0 Å². The Morgan fingerprint density at radius 3 is 0.865 bits per heavy atom. The van der Waals surface area contributed by atoms with Gasteiger partial charge in [0.25, 0.3) is 0 Å². The molecule has 0 aromatic heterocycles. The summed E-state index contributed by atoms with van der Waals surface area (Å²) in [5, 5.41) is 18.7. The molecular formula is C52H40. The zero-order chi connectivity index (χ0) is 35.3. The van der Waals surface area contributed by atoms with Crippen molar-refractivity contribution in [3.63, 3.8) is 0 Å². The van der Waals surface area contributed by atoms with Gasteiger partial charge in [0, 0.05) is 0 Å². The first kappa shape index (κ1) is 30.0. The van der Waals surface area contributed by atoms with Crippen molar-refractivity contribution in [1.29, 1.82) is 0 Å². The molecule has 0 N–H and O–H groups in total. The molecule has 0 bridgehead atoms. The summed E-state index contributed by atoms with van der Waals surface area (Å²) >= 11 is 0. The summed E-state index contributed by atoms with van der Waals surface area (Å²) in [6.45, 7) is 13.8. The van der Waals surface area contributed by atoms with Gasteiger partial charge in [-0.3, -0.25) is 0 Å². The van der Waals surface area contributed by atoms with Crippen LogP contribution in [0.25, 0.3) is 86.6 Å². The predicted molar refractivity (Wildman–Crippen MR) is 227 cm³/mol. The zero-order valence-electron chi connectivity index (χ0n) is 30.7. The summed E-state index contributed by atoms with van der Waals surface area (Å²) in [6.07, 6.45) is 0. The Morgan fingerprint density at radius 1 is 0.288 bits per heavy atom. The normalized spacial score (nSPS) is 13.9. The largest absolute Gasteiger partial charge is 0.0610 e. The second-order valence-electron chi connectivity index (χ2n) is 17.4. The van der Waals surface area contributed by atoms with Crippen molar-refractivity contribution in [3.05, 3.63) is 167 Å². The molecule has 52 heavy (non-hydrogen) atoms. The highest BCUT2D eigenvalue weighted by Crippen LogP contribution is 2.50. The van der Waals surface area contributed by atoms with Crippen LogP contribution in [0.1, 0.15) is 74.9 Å². The summed E-state index contributed by atoms with van der Waals surface area (Å²) in [7, 11) is 0. The van der Waals surface area contributed by atoms with Crippen molar-refractivity contribution in [2.75, 3.05) is 0 Å². The van der Waals surface area contributed by atoms with Crippen LogP contribution in [0, 0.1) is 0 Å². The Kier molecular flexibility index (Phi) is 5.75. The van der Waals surface area contributed by atoms with Gasteiger partial charge in [0.15, 0.2) is 0 Å². The Hall–Kier alpha value is -5.72. The average Bonchev–Trinajstić information content (AvgIpc) is 3.47. The maximum absolute atomic E-state index is 2.45. The fraction of sp³-hybridized carbons (Fsp3) is 0.154. The van der Waals surface area contributed by atoms with Crippen LogP contribution in [-0.2, 0) is 10.8 Å². The SMILES string of the molecule is CC(C)(C)c1cc2ccc3cc(C4=C(c5cc6ccc7cc(C(C)(C)C)cc8ccc(c5)c6c78)c5cccc6cccc4c56)cc4ccc(c1)c2c34. The maximum atomic E-state index is 2.45. The molecule has 1 aliphatic carbocycles. The lowest BCUT2D eigenvalue weighted by atomic mass is 9.82. The van der Waals surface area contributed by atoms with Crippen molar-refractivity contribution < 1.29 is 0 Å². The van der Waals surface area contributed by atoms with Gasteiger partial charge in [-0.1, -0.05) is 151 Å². The number of hydrogen-bond donors (Lipinski definition) is 0. The van der Waals surface area contributed by atoms with E-state index in [-0.39, 0.29) is 10.8 Å². The highest BCUT2D eigenvalue weighted by Gasteiger charge is 2.28. The lowest BCUT2D eigenvalue weighted by molar-refractivity contribution is 0.591. The van der Waals surface area contributed by atoms with Gasteiger partial charge in [-0.2, -0.15) is 0 Å². The molecule has 10 aromatic rings. The second-order valence-corrected chi connectivity index (χ2v) is 17.4. The van der Waals surface area contributed by atoms with E-state index in [4.69, 9.17) is 0 Å². The minimum atomic E-state index is 0.0984. The topological polar surface area (TPSA) is 0 Å². The van der Waals surface area contributed by atoms with Gasteiger partial charge in [0.05, 0.1) is 0 Å². The van der Waals surface area contributed by atoms with E-state index in [0.29, 0.717) is 0 Å². The Morgan fingerprint density at radius 2 is 0.577 bits per heavy atom. The van der Waals surface area contributed by atoms with Crippen LogP contribution >= 0.6 is 0 Å². The molecule has 0 fully saturated rings. The first-order valence-electron chi connectivity index (χ1n) is 18.7. The molecule has 10 aromatic carbocycles. The van der Waals surface area contributed by atoms with Gasteiger partial charge in [0.1, 0.15) is 0 Å².